The zero-order chi connectivity index (χ0) is 25.1. The molecule has 0 radical (unpaired) electrons. The van der Waals surface area contributed by atoms with E-state index in [1.807, 2.05) is 13.0 Å². The number of carbonyl (C=O) groups is 2. The SMILES string of the molecule is CC1(C)[C@@H](O)CC[C@]2(C)[C@H]3C(=O)C=C4[C@@H]5C[C@@](C)(C(=O)O)CC[C@@]5(C)CC[C@]4(C)[C@@]3(C)CC[C@@H]12. The molecule has 5 aliphatic carbocycles. The van der Waals surface area contributed by atoms with Gasteiger partial charge in [0.2, 0.25) is 0 Å². The average molecular weight is 471 g/mol. The molecule has 0 saturated heterocycles. The van der Waals surface area contributed by atoms with Crippen LogP contribution in [0.5, 0.6) is 0 Å². The Morgan fingerprint density at radius 1 is 0.912 bits per heavy atom. The summed E-state index contributed by atoms with van der Waals surface area (Å²) in [6.45, 7) is 15.8. The van der Waals surface area contributed by atoms with Gasteiger partial charge < -0.3 is 10.2 Å². The third kappa shape index (κ3) is 2.81. The molecule has 190 valence electrons. The van der Waals surface area contributed by atoms with Gasteiger partial charge in [0.05, 0.1) is 11.5 Å². The van der Waals surface area contributed by atoms with Crippen molar-refractivity contribution in [2.24, 2.45) is 50.2 Å². The molecular formula is C30H46O4. The molecule has 34 heavy (non-hydrogen) atoms. The van der Waals surface area contributed by atoms with Gasteiger partial charge in [-0.3, -0.25) is 9.59 Å². The minimum atomic E-state index is -0.711. The first kappa shape index (κ1) is 24.5. The topological polar surface area (TPSA) is 74.6 Å². The lowest BCUT2D eigenvalue weighted by Crippen LogP contribution is -2.66. The number of aliphatic carboxylic acids is 1. The summed E-state index contributed by atoms with van der Waals surface area (Å²) in [5.74, 6) is 0.0603. The Bertz CT molecular complexity index is 965. The second kappa shape index (κ2) is 6.99. The van der Waals surface area contributed by atoms with E-state index in [0.29, 0.717) is 12.3 Å². The number of hydrogen-bond donors (Lipinski definition) is 2. The molecule has 0 heterocycles. The summed E-state index contributed by atoms with van der Waals surface area (Å²) in [5.41, 5.74) is 0.142. The number of ketones is 1. The zero-order valence-corrected chi connectivity index (χ0v) is 22.5. The second-order valence-corrected chi connectivity index (χ2v) is 14.9. The average Bonchev–Trinajstić information content (AvgIpc) is 2.73. The first-order chi connectivity index (χ1) is 15.6. The molecule has 0 aromatic rings. The molecule has 0 aromatic carbocycles. The van der Waals surface area contributed by atoms with Crippen molar-refractivity contribution in [3.05, 3.63) is 11.6 Å². The molecule has 4 heteroatoms. The van der Waals surface area contributed by atoms with Gasteiger partial charge in [0.1, 0.15) is 0 Å². The minimum Gasteiger partial charge on any atom is -0.481 e. The summed E-state index contributed by atoms with van der Waals surface area (Å²) in [6, 6.07) is 0. The van der Waals surface area contributed by atoms with Crippen LogP contribution in [0.3, 0.4) is 0 Å². The molecule has 0 aliphatic heterocycles. The largest absolute Gasteiger partial charge is 0.481 e. The number of fused-ring (bicyclic) bond motifs is 7. The first-order valence-electron chi connectivity index (χ1n) is 13.7. The summed E-state index contributed by atoms with van der Waals surface area (Å²) < 4.78 is 0. The van der Waals surface area contributed by atoms with Crippen LogP contribution in [-0.4, -0.2) is 28.1 Å². The van der Waals surface area contributed by atoms with Gasteiger partial charge in [0.25, 0.3) is 0 Å². The number of carboxylic acid groups (broad SMARTS) is 1. The van der Waals surface area contributed by atoms with Gasteiger partial charge in [-0.1, -0.05) is 47.1 Å². The molecule has 5 rings (SSSR count). The van der Waals surface area contributed by atoms with Crippen LogP contribution in [0.4, 0.5) is 0 Å². The monoisotopic (exact) mass is 470 g/mol. The Morgan fingerprint density at radius 2 is 1.56 bits per heavy atom. The molecule has 0 amide bonds. The summed E-state index contributed by atoms with van der Waals surface area (Å²) >= 11 is 0. The third-order valence-corrected chi connectivity index (χ3v) is 13.1. The Balaban J connectivity index is 1.62. The van der Waals surface area contributed by atoms with Crippen LogP contribution in [0, 0.1) is 50.2 Å². The van der Waals surface area contributed by atoms with Crippen LogP contribution in [0.1, 0.15) is 106 Å². The highest BCUT2D eigenvalue weighted by atomic mass is 16.4. The normalized spacial score (nSPS) is 54.1. The molecule has 0 bridgehead atoms. The van der Waals surface area contributed by atoms with Crippen molar-refractivity contribution in [3.8, 4) is 0 Å². The smallest absolute Gasteiger partial charge is 0.309 e. The molecule has 0 unspecified atom stereocenters. The molecule has 0 spiro atoms. The van der Waals surface area contributed by atoms with E-state index in [1.165, 1.54) is 5.57 Å². The van der Waals surface area contributed by atoms with Gasteiger partial charge >= 0.3 is 5.97 Å². The quantitative estimate of drug-likeness (QED) is 0.464. The molecule has 9 atom stereocenters. The Kier molecular flexibility index (Phi) is 5.04. The highest BCUT2D eigenvalue weighted by Crippen LogP contribution is 2.75. The van der Waals surface area contributed by atoms with Gasteiger partial charge in [-0.25, -0.2) is 0 Å². The fourth-order valence-electron chi connectivity index (χ4n) is 10.4. The van der Waals surface area contributed by atoms with Crippen LogP contribution in [-0.2, 0) is 9.59 Å². The molecule has 4 nitrogen and oxygen atoms in total. The van der Waals surface area contributed by atoms with Crippen molar-refractivity contribution in [2.75, 3.05) is 0 Å². The molecule has 5 aliphatic rings. The maximum absolute atomic E-state index is 14.2. The maximum Gasteiger partial charge on any atom is 0.309 e. The Hall–Kier alpha value is -1.16. The number of aliphatic hydroxyl groups excluding tert-OH is 1. The molecule has 4 saturated carbocycles. The molecule has 2 N–H and O–H groups in total. The van der Waals surface area contributed by atoms with E-state index in [1.54, 1.807) is 0 Å². The lowest BCUT2D eigenvalue weighted by atomic mass is 9.33. The first-order valence-corrected chi connectivity index (χ1v) is 13.7. The predicted molar refractivity (Wildman–Crippen MR) is 133 cm³/mol. The van der Waals surface area contributed by atoms with Crippen LogP contribution >= 0.6 is 0 Å². The van der Waals surface area contributed by atoms with E-state index in [2.05, 4.69) is 41.5 Å². The van der Waals surface area contributed by atoms with E-state index >= 15 is 0 Å². The summed E-state index contributed by atoms with van der Waals surface area (Å²) in [5, 5.41) is 20.9. The van der Waals surface area contributed by atoms with E-state index in [4.69, 9.17) is 0 Å². The van der Waals surface area contributed by atoms with Crippen LogP contribution in [0.15, 0.2) is 11.6 Å². The highest BCUT2D eigenvalue weighted by Gasteiger charge is 2.70. The van der Waals surface area contributed by atoms with Gasteiger partial charge in [-0.2, -0.15) is 0 Å². The summed E-state index contributed by atoms with van der Waals surface area (Å²) in [7, 11) is 0. The fourth-order valence-corrected chi connectivity index (χ4v) is 10.4. The molecule has 4 fully saturated rings. The Morgan fingerprint density at radius 3 is 2.21 bits per heavy atom. The van der Waals surface area contributed by atoms with Gasteiger partial charge in [-0.05, 0) is 110 Å². The van der Waals surface area contributed by atoms with Crippen LogP contribution in [0.25, 0.3) is 0 Å². The third-order valence-electron chi connectivity index (χ3n) is 13.1. The van der Waals surface area contributed by atoms with Gasteiger partial charge in [-0.15, -0.1) is 0 Å². The van der Waals surface area contributed by atoms with Crippen LogP contribution in [0.2, 0.25) is 0 Å². The number of hydrogen-bond acceptors (Lipinski definition) is 3. The minimum absolute atomic E-state index is 0.0296. The van der Waals surface area contributed by atoms with Crippen molar-refractivity contribution < 1.29 is 19.8 Å². The summed E-state index contributed by atoms with van der Waals surface area (Å²) in [6.07, 6.45) is 9.95. The fraction of sp³-hybridized carbons (Fsp3) is 0.867. The maximum atomic E-state index is 14.2. The van der Waals surface area contributed by atoms with Gasteiger partial charge in [0, 0.05) is 5.92 Å². The number of allylic oxidation sites excluding steroid dienone is 2. The lowest BCUT2D eigenvalue weighted by Gasteiger charge is -2.70. The number of carbonyl (C=O) groups excluding carboxylic acids is 1. The second-order valence-electron chi connectivity index (χ2n) is 14.9. The van der Waals surface area contributed by atoms with Crippen molar-refractivity contribution in [1.29, 1.82) is 0 Å². The zero-order valence-electron chi connectivity index (χ0n) is 22.5. The van der Waals surface area contributed by atoms with Crippen molar-refractivity contribution in [2.45, 2.75) is 112 Å². The number of rotatable bonds is 1. The van der Waals surface area contributed by atoms with E-state index in [0.717, 1.165) is 51.4 Å². The van der Waals surface area contributed by atoms with Crippen LogP contribution < -0.4 is 0 Å². The van der Waals surface area contributed by atoms with E-state index < -0.39 is 11.4 Å². The van der Waals surface area contributed by atoms with Crippen molar-refractivity contribution in [1.82, 2.24) is 0 Å². The van der Waals surface area contributed by atoms with Crippen molar-refractivity contribution in [3.63, 3.8) is 0 Å². The van der Waals surface area contributed by atoms with E-state index in [-0.39, 0.29) is 50.8 Å². The summed E-state index contributed by atoms with van der Waals surface area (Å²) in [4.78, 5) is 26.4. The number of carboxylic acids is 1. The van der Waals surface area contributed by atoms with Gasteiger partial charge in [0.15, 0.2) is 5.78 Å². The lowest BCUT2D eigenvalue weighted by molar-refractivity contribution is -0.202. The van der Waals surface area contributed by atoms with Crippen molar-refractivity contribution >= 4 is 11.8 Å². The van der Waals surface area contributed by atoms with E-state index in [9.17, 15) is 19.8 Å². The standard InChI is InChI=1S/C30H46O4/c1-25(2)21-8-11-30(7)23(28(21,5)10-9-22(25)32)20(31)16-18-19-17-27(4,24(33)34)13-12-26(19,3)14-15-29(18,30)6/h16,19,21-23,32H,8-15,17H2,1-7H3,(H,33,34)/t19-,21-,22-,23+,26-,27-,28-,29-,30-/m0/s1. The highest BCUT2D eigenvalue weighted by molar-refractivity contribution is 5.95. The Labute approximate surface area is 206 Å². The predicted octanol–water partition coefficient (Wildman–Crippen LogP) is 6.41. The number of aliphatic hydroxyl groups is 1. The molecular weight excluding hydrogens is 424 g/mol. The molecule has 0 aromatic heterocycles.